The minimum absolute atomic E-state index is 0.151. The summed E-state index contributed by atoms with van der Waals surface area (Å²) in [6.07, 6.45) is 4.41. The quantitative estimate of drug-likeness (QED) is 0.632. The third-order valence-electron chi connectivity index (χ3n) is 4.63. The van der Waals surface area contributed by atoms with Crippen molar-refractivity contribution in [2.75, 3.05) is 19.3 Å². The smallest absolute Gasteiger partial charge is 0.243 e. The number of hydrogen-bond donors (Lipinski definition) is 1. The van der Waals surface area contributed by atoms with Gasteiger partial charge in [0.2, 0.25) is 10.0 Å². The summed E-state index contributed by atoms with van der Waals surface area (Å²) < 4.78 is 42.2. The standard InChI is InChI=1S/C21H23FN4O2S/c1-3-4-11-26(2)29(27,28)20-8-6-5-7-16(20)15-9-10-17(18(22)12-15)19-13-25-21(23)14-24-19/h5-10,12-14H,3-4,11H2,1-2H3,(H2,23,25). The Morgan fingerprint density at radius 1 is 1.07 bits per heavy atom. The van der Waals surface area contributed by atoms with Gasteiger partial charge in [-0.25, -0.2) is 22.1 Å². The Labute approximate surface area is 170 Å². The van der Waals surface area contributed by atoms with E-state index in [-0.39, 0.29) is 16.3 Å². The Kier molecular flexibility index (Phi) is 6.24. The summed E-state index contributed by atoms with van der Waals surface area (Å²) in [5.41, 5.74) is 7.06. The molecule has 0 spiro atoms. The van der Waals surface area contributed by atoms with Crippen LogP contribution in [-0.4, -0.2) is 36.3 Å². The molecule has 3 rings (SSSR count). The zero-order valence-corrected chi connectivity index (χ0v) is 17.2. The number of nitrogens with zero attached hydrogens (tertiary/aromatic N) is 3. The summed E-state index contributed by atoms with van der Waals surface area (Å²) in [6.45, 7) is 2.43. The molecular weight excluding hydrogens is 391 g/mol. The second kappa shape index (κ2) is 8.67. The average Bonchev–Trinajstić information content (AvgIpc) is 2.72. The summed E-state index contributed by atoms with van der Waals surface area (Å²) in [7, 11) is -2.13. The topological polar surface area (TPSA) is 89.2 Å². The number of benzene rings is 2. The van der Waals surface area contributed by atoms with Gasteiger partial charge in [0.25, 0.3) is 0 Å². The lowest BCUT2D eigenvalue weighted by molar-refractivity contribution is 0.459. The molecule has 29 heavy (non-hydrogen) atoms. The van der Waals surface area contributed by atoms with Gasteiger partial charge in [-0.1, -0.05) is 37.6 Å². The molecule has 0 radical (unpaired) electrons. The van der Waals surface area contributed by atoms with Crippen LogP contribution < -0.4 is 5.73 Å². The molecule has 0 amide bonds. The number of rotatable bonds is 7. The number of unbranched alkanes of at least 4 members (excludes halogenated alkanes) is 1. The lowest BCUT2D eigenvalue weighted by Crippen LogP contribution is -2.28. The molecule has 0 aliphatic rings. The molecule has 0 saturated heterocycles. The fourth-order valence-electron chi connectivity index (χ4n) is 2.97. The zero-order chi connectivity index (χ0) is 21.0. The van der Waals surface area contributed by atoms with Crippen LogP contribution in [0.5, 0.6) is 0 Å². The van der Waals surface area contributed by atoms with Crippen LogP contribution in [0.15, 0.2) is 59.8 Å². The molecule has 0 unspecified atom stereocenters. The van der Waals surface area contributed by atoms with Gasteiger partial charge in [-0.3, -0.25) is 4.98 Å². The highest BCUT2D eigenvalue weighted by atomic mass is 32.2. The Morgan fingerprint density at radius 3 is 2.48 bits per heavy atom. The Hall–Kier alpha value is -2.84. The molecule has 0 bridgehead atoms. The van der Waals surface area contributed by atoms with Crippen molar-refractivity contribution in [1.29, 1.82) is 0 Å². The number of anilines is 1. The van der Waals surface area contributed by atoms with Gasteiger partial charge >= 0.3 is 0 Å². The molecule has 0 aliphatic heterocycles. The summed E-state index contributed by atoms with van der Waals surface area (Å²) in [4.78, 5) is 8.17. The van der Waals surface area contributed by atoms with Crippen molar-refractivity contribution in [3.05, 3.63) is 60.7 Å². The number of sulfonamides is 1. The van der Waals surface area contributed by atoms with Crippen LogP contribution in [-0.2, 0) is 10.0 Å². The van der Waals surface area contributed by atoms with Gasteiger partial charge in [0.15, 0.2) is 0 Å². The van der Waals surface area contributed by atoms with E-state index in [0.29, 0.717) is 23.4 Å². The maximum Gasteiger partial charge on any atom is 0.243 e. The minimum atomic E-state index is -3.70. The van der Waals surface area contributed by atoms with Crippen molar-refractivity contribution < 1.29 is 12.8 Å². The molecule has 1 aromatic heterocycles. The van der Waals surface area contributed by atoms with E-state index in [2.05, 4.69) is 9.97 Å². The van der Waals surface area contributed by atoms with Crippen molar-refractivity contribution in [3.8, 4) is 22.4 Å². The molecular formula is C21H23FN4O2S. The van der Waals surface area contributed by atoms with Gasteiger partial charge in [-0.2, -0.15) is 0 Å². The van der Waals surface area contributed by atoms with Gasteiger partial charge in [-0.05, 0) is 30.2 Å². The molecule has 1 heterocycles. The Bertz CT molecular complexity index is 1100. The van der Waals surface area contributed by atoms with Crippen LogP contribution >= 0.6 is 0 Å². The van der Waals surface area contributed by atoms with E-state index in [9.17, 15) is 12.8 Å². The second-order valence-corrected chi connectivity index (χ2v) is 8.71. The third kappa shape index (κ3) is 4.44. The summed E-state index contributed by atoms with van der Waals surface area (Å²) in [6, 6.07) is 11.2. The first kappa shape index (κ1) is 20.9. The zero-order valence-electron chi connectivity index (χ0n) is 16.3. The van der Waals surface area contributed by atoms with Crippen LogP contribution in [0.2, 0.25) is 0 Å². The first-order valence-electron chi connectivity index (χ1n) is 9.27. The van der Waals surface area contributed by atoms with Crippen LogP contribution in [0, 0.1) is 5.82 Å². The Morgan fingerprint density at radius 2 is 1.83 bits per heavy atom. The maximum atomic E-state index is 14.8. The third-order valence-corrected chi connectivity index (χ3v) is 6.54. The minimum Gasteiger partial charge on any atom is -0.382 e. The molecule has 0 atom stereocenters. The molecule has 3 aromatic rings. The van der Waals surface area contributed by atoms with Crippen LogP contribution in [0.1, 0.15) is 19.8 Å². The van der Waals surface area contributed by atoms with E-state index in [1.807, 2.05) is 6.92 Å². The van der Waals surface area contributed by atoms with Crippen molar-refractivity contribution in [2.24, 2.45) is 0 Å². The molecule has 152 valence electrons. The summed E-state index contributed by atoms with van der Waals surface area (Å²) in [5, 5.41) is 0. The molecule has 0 fully saturated rings. The molecule has 8 heteroatoms. The number of hydrogen-bond acceptors (Lipinski definition) is 5. The lowest BCUT2D eigenvalue weighted by atomic mass is 10.0. The number of nitrogens with two attached hydrogens (primary N) is 1. The predicted octanol–water partition coefficient (Wildman–Crippen LogP) is 3.95. The van der Waals surface area contributed by atoms with E-state index in [1.54, 1.807) is 43.4 Å². The van der Waals surface area contributed by atoms with E-state index in [0.717, 1.165) is 12.8 Å². The van der Waals surface area contributed by atoms with Gasteiger partial charge < -0.3 is 5.73 Å². The second-order valence-electron chi connectivity index (χ2n) is 6.70. The largest absolute Gasteiger partial charge is 0.382 e. The number of aromatic nitrogens is 2. The fraction of sp³-hybridized carbons (Fsp3) is 0.238. The molecule has 0 aliphatic carbocycles. The number of nitrogen functional groups attached to an aromatic ring is 1. The lowest BCUT2D eigenvalue weighted by Gasteiger charge is -2.19. The SMILES string of the molecule is CCCCN(C)S(=O)(=O)c1ccccc1-c1ccc(-c2cnc(N)cn2)c(F)c1. The van der Waals surface area contributed by atoms with E-state index < -0.39 is 15.8 Å². The number of halogens is 1. The summed E-state index contributed by atoms with van der Waals surface area (Å²) >= 11 is 0. The Balaban J connectivity index is 2.02. The predicted molar refractivity (Wildman–Crippen MR) is 112 cm³/mol. The van der Waals surface area contributed by atoms with Gasteiger partial charge in [0.1, 0.15) is 11.6 Å². The summed E-state index contributed by atoms with van der Waals surface area (Å²) in [5.74, 6) is -0.273. The van der Waals surface area contributed by atoms with Crippen LogP contribution in [0.3, 0.4) is 0 Å². The molecule has 2 N–H and O–H groups in total. The highest BCUT2D eigenvalue weighted by molar-refractivity contribution is 7.89. The highest BCUT2D eigenvalue weighted by Crippen LogP contribution is 2.32. The van der Waals surface area contributed by atoms with Gasteiger partial charge in [0, 0.05) is 24.7 Å². The first-order chi connectivity index (χ1) is 13.8. The maximum absolute atomic E-state index is 14.8. The van der Waals surface area contributed by atoms with Gasteiger partial charge in [0.05, 0.1) is 23.0 Å². The monoisotopic (exact) mass is 414 g/mol. The van der Waals surface area contributed by atoms with E-state index in [1.165, 1.54) is 22.8 Å². The molecule has 0 saturated carbocycles. The highest BCUT2D eigenvalue weighted by Gasteiger charge is 2.24. The van der Waals surface area contributed by atoms with E-state index in [4.69, 9.17) is 5.73 Å². The van der Waals surface area contributed by atoms with E-state index >= 15 is 0 Å². The van der Waals surface area contributed by atoms with Crippen molar-refractivity contribution in [1.82, 2.24) is 14.3 Å². The first-order valence-corrected chi connectivity index (χ1v) is 10.7. The van der Waals surface area contributed by atoms with Gasteiger partial charge in [-0.15, -0.1) is 0 Å². The molecule has 2 aromatic carbocycles. The van der Waals surface area contributed by atoms with Crippen molar-refractivity contribution in [3.63, 3.8) is 0 Å². The molecule has 6 nitrogen and oxygen atoms in total. The van der Waals surface area contributed by atoms with Crippen molar-refractivity contribution in [2.45, 2.75) is 24.7 Å². The average molecular weight is 415 g/mol. The van der Waals surface area contributed by atoms with Crippen molar-refractivity contribution >= 4 is 15.8 Å². The van der Waals surface area contributed by atoms with Crippen LogP contribution in [0.25, 0.3) is 22.4 Å². The van der Waals surface area contributed by atoms with Crippen LogP contribution in [0.4, 0.5) is 10.2 Å². The normalized spacial score (nSPS) is 11.7. The fourth-order valence-corrected chi connectivity index (χ4v) is 4.39.